The van der Waals surface area contributed by atoms with Gasteiger partial charge in [0, 0.05) is 6.42 Å². The molecule has 0 aromatic carbocycles. The SMILES string of the molecule is CC(C)(C)Cc1noc([C@@H](N)CO)n1. The van der Waals surface area contributed by atoms with Gasteiger partial charge in [0.15, 0.2) is 5.82 Å². The van der Waals surface area contributed by atoms with Crippen LogP contribution >= 0.6 is 0 Å². The van der Waals surface area contributed by atoms with E-state index in [9.17, 15) is 0 Å². The van der Waals surface area contributed by atoms with E-state index < -0.39 is 6.04 Å². The lowest BCUT2D eigenvalue weighted by Gasteiger charge is -2.14. The molecule has 0 aliphatic carbocycles. The molecule has 0 radical (unpaired) electrons. The smallest absolute Gasteiger partial charge is 0.245 e. The first-order valence-electron chi connectivity index (χ1n) is 4.61. The second-order valence-corrected chi connectivity index (χ2v) is 4.58. The molecule has 0 aliphatic rings. The van der Waals surface area contributed by atoms with Gasteiger partial charge in [0.05, 0.1) is 6.61 Å². The molecular weight excluding hydrogens is 182 g/mol. The zero-order valence-electron chi connectivity index (χ0n) is 8.82. The van der Waals surface area contributed by atoms with Crippen LogP contribution in [0.25, 0.3) is 0 Å². The molecule has 1 aromatic heterocycles. The van der Waals surface area contributed by atoms with Gasteiger partial charge in [-0.2, -0.15) is 4.98 Å². The fraction of sp³-hybridized carbons (Fsp3) is 0.778. The summed E-state index contributed by atoms with van der Waals surface area (Å²) in [6.45, 7) is 6.09. The maximum Gasteiger partial charge on any atom is 0.245 e. The first kappa shape index (κ1) is 11.1. The van der Waals surface area contributed by atoms with E-state index in [0.717, 1.165) is 6.42 Å². The third-order valence-electron chi connectivity index (χ3n) is 1.69. The molecule has 1 aromatic rings. The highest BCUT2D eigenvalue weighted by atomic mass is 16.5. The lowest BCUT2D eigenvalue weighted by molar-refractivity contribution is 0.236. The molecule has 0 saturated carbocycles. The Labute approximate surface area is 83.3 Å². The highest BCUT2D eigenvalue weighted by Gasteiger charge is 2.18. The number of hydrogen-bond donors (Lipinski definition) is 2. The van der Waals surface area contributed by atoms with Crippen molar-refractivity contribution >= 4 is 0 Å². The highest BCUT2D eigenvalue weighted by molar-refractivity contribution is 4.93. The van der Waals surface area contributed by atoms with Crippen molar-refractivity contribution in [2.45, 2.75) is 33.2 Å². The molecule has 0 aliphatic heterocycles. The molecule has 0 spiro atoms. The summed E-state index contributed by atoms with van der Waals surface area (Å²) in [6, 6.07) is -0.573. The molecule has 0 saturated heterocycles. The minimum absolute atomic E-state index is 0.116. The van der Waals surface area contributed by atoms with Crippen LogP contribution in [0.5, 0.6) is 0 Å². The second-order valence-electron chi connectivity index (χ2n) is 4.58. The average molecular weight is 199 g/mol. The number of nitrogens with zero attached hydrogens (tertiary/aromatic N) is 2. The Morgan fingerprint density at radius 1 is 1.50 bits per heavy atom. The van der Waals surface area contributed by atoms with E-state index in [4.69, 9.17) is 15.4 Å². The van der Waals surface area contributed by atoms with Gasteiger partial charge in [-0.3, -0.25) is 0 Å². The predicted molar refractivity (Wildman–Crippen MR) is 51.5 cm³/mol. The Bertz CT molecular complexity index is 290. The maximum atomic E-state index is 8.78. The Morgan fingerprint density at radius 2 is 2.14 bits per heavy atom. The van der Waals surface area contributed by atoms with Gasteiger partial charge in [0.25, 0.3) is 0 Å². The van der Waals surface area contributed by atoms with Gasteiger partial charge in [-0.1, -0.05) is 25.9 Å². The van der Waals surface area contributed by atoms with Crippen molar-refractivity contribution in [3.05, 3.63) is 11.7 Å². The predicted octanol–water partition coefficient (Wildman–Crippen LogP) is 0.650. The molecule has 1 heterocycles. The molecule has 0 fully saturated rings. The first-order valence-corrected chi connectivity index (χ1v) is 4.61. The molecule has 80 valence electrons. The van der Waals surface area contributed by atoms with Gasteiger partial charge in [-0.15, -0.1) is 0 Å². The van der Waals surface area contributed by atoms with E-state index in [1.807, 2.05) is 0 Å². The molecule has 3 N–H and O–H groups in total. The van der Waals surface area contributed by atoms with Crippen LogP contribution in [0.4, 0.5) is 0 Å². The Morgan fingerprint density at radius 3 is 2.64 bits per heavy atom. The van der Waals surface area contributed by atoms with Crippen molar-refractivity contribution < 1.29 is 9.63 Å². The van der Waals surface area contributed by atoms with Gasteiger partial charge in [-0.25, -0.2) is 0 Å². The average Bonchev–Trinajstić information content (AvgIpc) is 2.48. The molecule has 5 nitrogen and oxygen atoms in total. The standard InChI is InChI=1S/C9H17N3O2/c1-9(2,3)4-7-11-8(14-12-7)6(10)5-13/h6,13H,4-5,10H2,1-3H3/t6-/m0/s1. The lowest BCUT2D eigenvalue weighted by Crippen LogP contribution is -2.15. The monoisotopic (exact) mass is 199 g/mol. The summed E-state index contributed by atoms with van der Waals surface area (Å²) in [5.74, 6) is 0.933. The third-order valence-corrected chi connectivity index (χ3v) is 1.69. The van der Waals surface area contributed by atoms with Crippen LogP contribution in [0.3, 0.4) is 0 Å². The van der Waals surface area contributed by atoms with E-state index in [0.29, 0.717) is 11.7 Å². The zero-order valence-corrected chi connectivity index (χ0v) is 8.82. The minimum Gasteiger partial charge on any atom is -0.394 e. The maximum absolute atomic E-state index is 8.78. The molecule has 5 heteroatoms. The lowest BCUT2D eigenvalue weighted by atomic mass is 9.92. The van der Waals surface area contributed by atoms with Gasteiger partial charge in [0.2, 0.25) is 5.89 Å². The van der Waals surface area contributed by atoms with Crippen molar-refractivity contribution in [2.75, 3.05) is 6.61 Å². The first-order chi connectivity index (χ1) is 6.42. The number of rotatable bonds is 3. The number of hydrogen-bond acceptors (Lipinski definition) is 5. The second kappa shape index (κ2) is 4.06. The summed E-state index contributed by atoms with van der Waals surface area (Å²) < 4.78 is 4.92. The number of aliphatic hydroxyl groups excluding tert-OH is 1. The molecule has 0 bridgehead atoms. The zero-order chi connectivity index (χ0) is 10.8. The topological polar surface area (TPSA) is 85.2 Å². The van der Waals surface area contributed by atoms with Crippen LogP contribution in [-0.2, 0) is 6.42 Å². The van der Waals surface area contributed by atoms with Gasteiger partial charge >= 0.3 is 0 Å². The highest BCUT2D eigenvalue weighted by Crippen LogP contribution is 2.19. The van der Waals surface area contributed by atoms with Gasteiger partial charge < -0.3 is 15.4 Å². The number of aromatic nitrogens is 2. The fourth-order valence-electron chi connectivity index (χ4n) is 1.04. The Hall–Kier alpha value is -0.940. The molecule has 0 unspecified atom stereocenters. The molecule has 14 heavy (non-hydrogen) atoms. The van der Waals surface area contributed by atoms with Crippen molar-refractivity contribution in [2.24, 2.45) is 11.1 Å². The summed E-state index contributed by atoms with van der Waals surface area (Å²) in [5.41, 5.74) is 5.64. The minimum atomic E-state index is -0.573. The van der Waals surface area contributed by atoms with Gasteiger partial charge in [-0.05, 0) is 5.41 Å². The summed E-state index contributed by atoms with van der Waals surface area (Å²) in [5, 5.41) is 12.6. The molecule has 1 rings (SSSR count). The van der Waals surface area contributed by atoms with Crippen molar-refractivity contribution in [1.29, 1.82) is 0 Å². The Kier molecular flexibility index (Phi) is 3.23. The summed E-state index contributed by atoms with van der Waals surface area (Å²) in [4.78, 5) is 4.10. The normalized spacial score (nSPS) is 14.4. The number of aliphatic hydroxyl groups is 1. The van der Waals surface area contributed by atoms with Crippen LogP contribution in [0.2, 0.25) is 0 Å². The van der Waals surface area contributed by atoms with Gasteiger partial charge in [0.1, 0.15) is 6.04 Å². The fourth-order valence-corrected chi connectivity index (χ4v) is 1.04. The molecule has 1 atom stereocenters. The van der Waals surface area contributed by atoms with E-state index >= 15 is 0 Å². The van der Waals surface area contributed by atoms with Crippen molar-refractivity contribution in [3.8, 4) is 0 Å². The van der Waals surface area contributed by atoms with Crippen LogP contribution in [-0.4, -0.2) is 21.9 Å². The Balaban J connectivity index is 2.69. The number of nitrogens with two attached hydrogens (primary N) is 1. The quantitative estimate of drug-likeness (QED) is 0.746. The van der Waals surface area contributed by atoms with E-state index in [2.05, 4.69) is 30.9 Å². The van der Waals surface area contributed by atoms with Crippen LogP contribution < -0.4 is 5.73 Å². The van der Waals surface area contributed by atoms with Crippen molar-refractivity contribution in [1.82, 2.24) is 10.1 Å². The van der Waals surface area contributed by atoms with E-state index in [1.54, 1.807) is 0 Å². The third kappa shape index (κ3) is 3.08. The van der Waals surface area contributed by atoms with Crippen molar-refractivity contribution in [3.63, 3.8) is 0 Å². The largest absolute Gasteiger partial charge is 0.394 e. The van der Waals surface area contributed by atoms with E-state index in [-0.39, 0.29) is 12.0 Å². The molecular formula is C9H17N3O2. The van der Waals surface area contributed by atoms with Crippen LogP contribution in [0.1, 0.15) is 38.5 Å². The van der Waals surface area contributed by atoms with E-state index in [1.165, 1.54) is 0 Å². The summed E-state index contributed by atoms with van der Waals surface area (Å²) in [6.07, 6.45) is 0.731. The van der Waals surface area contributed by atoms with Crippen LogP contribution in [0, 0.1) is 5.41 Å². The summed E-state index contributed by atoms with van der Waals surface area (Å²) >= 11 is 0. The van der Waals surface area contributed by atoms with Crippen LogP contribution in [0.15, 0.2) is 4.52 Å². The molecule has 0 amide bonds. The summed E-state index contributed by atoms with van der Waals surface area (Å²) in [7, 11) is 0.